The van der Waals surface area contributed by atoms with Gasteiger partial charge in [0.15, 0.2) is 5.13 Å². The lowest BCUT2D eigenvalue weighted by Crippen LogP contribution is -2.43. The Morgan fingerprint density at radius 2 is 2.04 bits per heavy atom. The van der Waals surface area contributed by atoms with E-state index in [1.165, 1.54) is 7.11 Å². The van der Waals surface area contributed by atoms with Gasteiger partial charge in [0, 0.05) is 0 Å². The molecule has 1 aliphatic rings. The minimum Gasteiger partial charge on any atom is -0.465 e. The molecule has 0 saturated heterocycles. The summed E-state index contributed by atoms with van der Waals surface area (Å²) >= 11 is 0.972. The number of nitrogens with zero attached hydrogens (tertiary/aromatic N) is 1. The molecule has 1 aliphatic heterocycles. The van der Waals surface area contributed by atoms with Crippen LogP contribution in [0.15, 0.2) is 24.3 Å². The lowest BCUT2D eigenvalue weighted by molar-refractivity contribution is -0.122. The van der Waals surface area contributed by atoms with Crippen LogP contribution in [0.4, 0.5) is 10.8 Å². The Morgan fingerprint density at radius 3 is 2.78 bits per heavy atom. The molecule has 0 fully saturated rings. The molecule has 0 aliphatic carbocycles. The Balaban J connectivity index is 1.69. The van der Waals surface area contributed by atoms with E-state index >= 15 is 0 Å². The summed E-state index contributed by atoms with van der Waals surface area (Å²) < 4.78 is 4.65. The number of anilines is 2. The summed E-state index contributed by atoms with van der Waals surface area (Å²) in [5.41, 5.74) is 1.14. The molecule has 2 heterocycles. The quantitative estimate of drug-likeness (QED) is 0.678. The third-order valence-electron chi connectivity index (χ3n) is 3.85. The Kier molecular flexibility index (Phi) is 5.17. The smallest absolute Gasteiger partial charge is 0.350 e. The average Bonchev–Trinajstić information content (AvgIpc) is 2.95. The van der Waals surface area contributed by atoms with Crippen molar-refractivity contribution in [2.75, 3.05) is 17.7 Å². The molecule has 1 aromatic heterocycles. The fourth-order valence-corrected chi connectivity index (χ4v) is 3.44. The van der Waals surface area contributed by atoms with E-state index in [0.717, 1.165) is 11.3 Å². The van der Waals surface area contributed by atoms with E-state index in [-0.39, 0.29) is 16.4 Å². The molecule has 10 heteroatoms. The zero-order chi connectivity index (χ0) is 19.6. The van der Waals surface area contributed by atoms with Crippen molar-refractivity contribution in [2.45, 2.75) is 19.4 Å². The standard InChI is InChI=1S/C17H16N4O5S/c1-8-13(16(25)26-2)27-17(18-8)21-12(22)7-11-15(24)19-10-6-4-3-5-9(10)14(23)20-11/h3-6,11H,7H2,1-2H3,(H,19,24)(H,20,23)(H,18,21,22)/t11-/m0/s1. The first-order valence-electron chi connectivity index (χ1n) is 7.95. The topological polar surface area (TPSA) is 126 Å². The van der Waals surface area contributed by atoms with Gasteiger partial charge in [-0.1, -0.05) is 23.5 Å². The van der Waals surface area contributed by atoms with Crippen molar-refractivity contribution in [1.29, 1.82) is 0 Å². The number of nitrogens with one attached hydrogen (secondary N) is 3. The Labute approximate surface area is 158 Å². The molecule has 0 spiro atoms. The third kappa shape index (κ3) is 3.95. The van der Waals surface area contributed by atoms with Crippen molar-refractivity contribution in [3.63, 3.8) is 0 Å². The first-order valence-corrected chi connectivity index (χ1v) is 8.77. The van der Waals surface area contributed by atoms with Crippen LogP contribution < -0.4 is 16.0 Å². The van der Waals surface area contributed by atoms with E-state index in [1.807, 2.05) is 0 Å². The molecule has 0 unspecified atom stereocenters. The zero-order valence-corrected chi connectivity index (χ0v) is 15.3. The van der Waals surface area contributed by atoms with E-state index < -0.39 is 29.7 Å². The van der Waals surface area contributed by atoms with Crippen molar-refractivity contribution >= 4 is 45.8 Å². The van der Waals surface area contributed by atoms with Gasteiger partial charge in [0.05, 0.1) is 30.5 Å². The van der Waals surface area contributed by atoms with Gasteiger partial charge in [-0.25, -0.2) is 9.78 Å². The third-order valence-corrected chi connectivity index (χ3v) is 4.91. The van der Waals surface area contributed by atoms with Crippen LogP contribution in [0.1, 0.15) is 32.1 Å². The normalized spacial score (nSPS) is 15.9. The van der Waals surface area contributed by atoms with Crippen LogP contribution >= 0.6 is 11.3 Å². The summed E-state index contributed by atoms with van der Waals surface area (Å²) in [5.74, 6) is -2.00. The summed E-state index contributed by atoms with van der Waals surface area (Å²) in [7, 11) is 1.26. The summed E-state index contributed by atoms with van der Waals surface area (Å²) in [4.78, 5) is 52.9. The molecule has 27 heavy (non-hydrogen) atoms. The summed E-state index contributed by atoms with van der Waals surface area (Å²) in [6.45, 7) is 1.62. The van der Waals surface area contributed by atoms with Gasteiger partial charge in [-0.05, 0) is 19.1 Å². The lowest BCUT2D eigenvalue weighted by Gasteiger charge is -2.13. The highest BCUT2D eigenvalue weighted by molar-refractivity contribution is 7.17. The van der Waals surface area contributed by atoms with Crippen LogP contribution in [0.3, 0.4) is 0 Å². The van der Waals surface area contributed by atoms with Crippen molar-refractivity contribution in [2.24, 2.45) is 0 Å². The fourth-order valence-electron chi connectivity index (χ4n) is 2.54. The van der Waals surface area contributed by atoms with E-state index in [2.05, 4.69) is 25.7 Å². The van der Waals surface area contributed by atoms with Crippen LogP contribution in [0.25, 0.3) is 0 Å². The number of hydrogen-bond acceptors (Lipinski definition) is 7. The number of hydrogen-bond donors (Lipinski definition) is 3. The number of ether oxygens (including phenoxy) is 1. The van der Waals surface area contributed by atoms with Gasteiger partial charge in [-0.15, -0.1) is 0 Å². The van der Waals surface area contributed by atoms with Crippen LogP contribution in [-0.2, 0) is 14.3 Å². The number of rotatable bonds is 4. The minimum atomic E-state index is -1.04. The first kappa shape index (κ1) is 18.5. The minimum absolute atomic E-state index is 0.210. The number of aryl methyl sites for hydroxylation is 1. The first-order chi connectivity index (χ1) is 12.9. The second kappa shape index (κ2) is 7.54. The lowest BCUT2D eigenvalue weighted by atomic mass is 10.1. The van der Waals surface area contributed by atoms with E-state index in [1.54, 1.807) is 31.2 Å². The maximum Gasteiger partial charge on any atom is 0.350 e. The SMILES string of the molecule is COC(=O)c1sc(NC(=O)C[C@@H]2NC(=O)c3ccccc3NC2=O)nc1C. The molecular formula is C17H16N4O5S. The summed E-state index contributed by atoms with van der Waals surface area (Å²) in [6, 6.07) is 5.54. The molecule has 0 saturated carbocycles. The number of benzene rings is 1. The highest BCUT2D eigenvalue weighted by Gasteiger charge is 2.29. The van der Waals surface area contributed by atoms with Gasteiger partial charge in [0.2, 0.25) is 11.8 Å². The average molecular weight is 388 g/mol. The number of fused-ring (bicyclic) bond motifs is 1. The molecule has 9 nitrogen and oxygen atoms in total. The van der Waals surface area contributed by atoms with E-state index in [0.29, 0.717) is 16.9 Å². The second-order valence-corrected chi connectivity index (χ2v) is 6.74. The largest absolute Gasteiger partial charge is 0.465 e. The van der Waals surface area contributed by atoms with Crippen molar-refractivity contribution in [3.8, 4) is 0 Å². The fraction of sp³-hybridized carbons (Fsp3) is 0.235. The molecule has 0 radical (unpaired) electrons. The number of methoxy groups -OCH3 is 1. The molecule has 3 amide bonds. The zero-order valence-electron chi connectivity index (χ0n) is 14.5. The summed E-state index contributed by atoms with van der Waals surface area (Å²) in [5, 5.41) is 7.92. The van der Waals surface area contributed by atoms with Gasteiger partial charge >= 0.3 is 5.97 Å². The maximum absolute atomic E-state index is 12.3. The van der Waals surface area contributed by atoms with Gasteiger partial charge in [-0.3, -0.25) is 14.4 Å². The number of para-hydroxylation sites is 1. The van der Waals surface area contributed by atoms with Crippen LogP contribution in [0, 0.1) is 6.92 Å². The van der Waals surface area contributed by atoms with Gasteiger partial charge < -0.3 is 20.7 Å². The predicted molar refractivity (Wildman–Crippen MR) is 97.8 cm³/mol. The Hall–Kier alpha value is -3.27. The second-order valence-electron chi connectivity index (χ2n) is 5.74. The van der Waals surface area contributed by atoms with Crippen molar-refractivity contribution in [3.05, 3.63) is 40.4 Å². The maximum atomic E-state index is 12.3. The highest BCUT2D eigenvalue weighted by atomic mass is 32.1. The van der Waals surface area contributed by atoms with E-state index in [4.69, 9.17) is 0 Å². The van der Waals surface area contributed by atoms with Gasteiger partial charge in [0.25, 0.3) is 5.91 Å². The molecular weight excluding hydrogens is 372 g/mol. The highest BCUT2D eigenvalue weighted by Crippen LogP contribution is 2.24. The molecule has 2 aromatic rings. The molecule has 1 atom stereocenters. The Morgan fingerprint density at radius 1 is 1.30 bits per heavy atom. The Bertz CT molecular complexity index is 939. The number of amides is 3. The number of carbonyl (C=O) groups is 4. The monoisotopic (exact) mass is 388 g/mol. The van der Waals surface area contributed by atoms with Crippen LogP contribution in [0.5, 0.6) is 0 Å². The number of aromatic nitrogens is 1. The summed E-state index contributed by atoms with van der Waals surface area (Å²) in [6.07, 6.45) is -0.280. The van der Waals surface area contributed by atoms with Crippen LogP contribution in [0.2, 0.25) is 0 Å². The van der Waals surface area contributed by atoms with Gasteiger partial charge in [-0.2, -0.15) is 0 Å². The van der Waals surface area contributed by atoms with Gasteiger partial charge in [0.1, 0.15) is 10.9 Å². The predicted octanol–water partition coefficient (Wildman–Crippen LogP) is 1.32. The molecule has 3 rings (SSSR count). The number of carbonyl (C=O) groups excluding carboxylic acids is 4. The van der Waals surface area contributed by atoms with Crippen LogP contribution in [-0.4, -0.2) is 41.8 Å². The molecule has 3 N–H and O–H groups in total. The number of thiazole rings is 1. The number of esters is 1. The molecule has 1 aromatic carbocycles. The van der Waals surface area contributed by atoms with Crippen molar-refractivity contribution in [1.82, 2.24) is 10.3 Å². The van der Waals surface area contributed by atoms with E-state index in [9.17, 15) is 19.2 Å². The molecule has 140 valence electrons. The van der Waals surface area contributed by atoms with Crippen molar-refractivity contribution < 1.29 is 23.9 Å². The molecule has 0 bridgehead atoms.